The smallest absolute Gasteiger partial charge is 0.341 e. The first-order valence-electron chi connectivity index (χ1n) is 5.61. The molecule has 4 heteroatoms. The van der Waals surface area contributed by atoms with E-state index in [4.69, 9.17) is 9.84 Å². The molecule has 1 aromatic rings. The van der Waals surface area contributed by atoms with Gasteiger partial charge in [-0.05, 0) is 18.6 Å². The Bertz CT molecular complexity index is 398. The van der Waals surface area contributed by atoms with Gasteiger partial charge in [-0.1, -0.05) is 25.5 Å². The second-order valence-corrected chi connectivity index (χ2v) is 3.74. The maximum atomic E-state index is 11.7. The molecule has 1 N–H and O–H groups in total. The van der Waals surface area contributed by atoms with Gasteiger partial charge >= 0.3 is 5.97 Å². The second-order valence-electron chi connectivity index (χ2n) is 3.74. The molecule has 92 valence electrons. The van der Waals surface area contributed by atoms with Crippen molar-refractivity contribution in [3.63, 3.8) is 0 Å². The molecule has 0 aliphatic heterocycles. The van der Waals surface area contributed by atoms with Gasteiger partial charge in [-0.25, -0.2) is 4.79 Å². The predicted octanol–water partition coefficient (Wildman–Crippen LogP) is 2.52. The second kappa shape index (κ2) is 6.68. The van der Waals surface area contributed by atoms with Crippen molar-refractivity contribution in [2.24, 2.45) is 0 Å². The summed E-state index contributed by atoms with van der Waals surface area (Å²) in [5.41, 5.74) is 0.571. The summed E-state index contributed by atoms with van der Waals surface area (Å²) in [7, 11) is 0. The Morgan fingerprint density at radius 3 is 2.76 bits per heavy atom. The molecule has 0 spiro atoms. The highest BCUT2D eigenvalue weighted by Gasteiger charge is 2.07. The Kier molecular flexibility index (Phi) is 5.20. The van der Waals surface area contributed by atoms with Crippen LogP contribution in [-0.2, 0) is 4.79 Å². The zero-order valence-electron chi connectivity index (χ0n) is 9.81. The fourth-order valence-corrected chi connectivity index (χ4v) is 1.39. The van der Waals surface area contributed by atoms with Crippen molar-refractivity contribution in [3.8, 4) is 5.75 Å². The largest absolute Gasteiger partial charge is 0.482 e. The normalized spacial score (nSPS) is 9.94. The Morgan fingerprint density at radius 2 is 2.12 bits per heavy atom. The van der Waals surface area contributed by atoms with Crippen LogP contribution in [0.5, 0.6) is 5.75 Å². The van der Waals surface area contributed by atoms with Crippen LogP contribution >= 0.6 is 0 Å². The summed E-state index contributed by atoms with van der Waals surface area (Å²) in [4.78, 5) is 22.1. The van der Waals surface area contributed by atoms with E-state index in [1.807, 2.05) is 6.92 Å². The summed E-state index contributed by atoms with van der Waals surface area (Å²) in [5.74, 6) is -0.560. The number of carboxylic acids is 1. The molecule has 1 aromatic carbocycles. The molecule has 0 aromatic heterocycles. The number of carbonyl (C=O) groups is 2. The number of carboxylic acid groups (broad SMARTS) is 1. The van der Waals surface area contributed by atoms with Gasteiger partial charge in [-0.15, -0.1) is 0 Å². The van der Waals surface area contributed by atoms with Crippen LogP contribution in [0.15, 0.2) is 24.3 Å². The van der Waals surface area contributed by atoms with E-state index in [2.05, 4.69) is 0 Å². The number of carbonyl (C=O) groups excluding carboxylic acids is 1. The maximum absolute atomic E-state index is 11.7. The van der Waals surface area contributed by atoms with E-state index in [1.54, 1.807) is 24.3 Å². The summed E-state index contributed by atoms with van der Waals surface area (Å²) >= 11 is 0. The summed E-state index contributed by atoms with van der Waals surface area (Å²) in [6.07, 6.45) is 2.35. The van der Waals surface area contributed by atoms with Crippen molar-refractivity contribution in [2.45, 2.75) is 26.2 Å². The van der Waals surface area contributed by atoms with Gasteiger partial charge in [0.05, 0.1) is 0 Å². The molecule has 0 bridgehead atoms. The van der Waals surface area contributed by atoms with Gasteiger partial charge in [0.1, 0.15) is 5.75 Å². The minimum absolute atomic E-state index is 0.0626. The Morgan fingerprint density at radius 1 is 1.35 bits per heavy atom. The quantitative estimate of drug-likeness (QED) is 0.739. The number of unbranched alkanes of at least 4 members (excludes halogenated alkanes) is 1. The Hall–Kier alpha value is -1.84. The molecule has 0 aliphatic rings. The molecule has 0 atom stereocenters. The Labute approximate surface area is 100 Å². The molecule has 0 unspecified atom stereocenters. The van der Waals surface area contributed by atoms with E-state index in [1.165, 1.54) is 0 Å². The number of hydrogen-bond acceptors (Lipinski definition) is 3. The Balaban J connectivity index is 2.64. The van der Waals surface area contributed by atoms with Gasteiger partial charge in [-0.2, -0.15) is 0 Å². The SMILES string of the molecule is CCCCC(=O)c1cccc(OCC(=O)O)c1. The van der Waals surface area contributed by atoms with Crippen molar-refractivity contribution in [2.75, 3.05) is 6.61 Å². The third-order valence-corrected chi connectivity index (χ3v) is 2.28. The number of benzene rings is 1. The lowest BCUT2D eigenvalue weighted by atomic mass is 10.1. The van der Waals surface area contributed by atoms with Crippen molar-refractivity contribution in [3.05, 3.63) is 29.8 Å². The van der Waals surface area contributed by atoms with Gasteiger partial charge < -0.3 is 9.84 Å². The first kappa shape index (κ1) is 13.2. The van der Waals surface area contributed by atoms with Crippen LogP contribution in [0.2, 0.25) is 0 Å². The third kappa shape index (κ3) is 4.68. The first-order chi connectivity index (χ1) is 8.13. The highest BCUT2D eigenvalue weighted by atomic mass is 16.5. The molecule has 0 aliphatic carbocycles. The molecule has 0 radical (unpaired) electrons. The lowest BCUT2D eigenvalue weighted by Crippen LogP contribution is -2.09. The minimum Gasteiger partial charge on any atom is -0.482 e. The number of ether oxygens (including phenoxy) is 1. The zero-order valence-corrected chi connectivity index (χ0v) is 9.81. The van der Waals surface area contributed by atoms with Gasteiger partial charge in [0.2, 0.25) is 0 Å². The van der Waals surface area contributed by atoms with E-state index in [0.717, 1.165) is 12.8 Å². The van der Waals surface area contributed by atoms with Crippen LogP contribution in [0.4, 0.5) is 0 Å². The van der Waals surface area contributed by atoms with Gasteiger partial charge in [0.25, 0.3) is 0 Å². The number of aliphatic carboxylic acids is 1. The molecule has 0 saturated carbocycles. The van der Waals surface area contributed by atoms with Crippen LogP contribution in [-0.4, -0.2) is 23.5 Å². The average Bonchev–Trinajstić information content (AvgIpc) is 2.33. The van der Waals surface area contributed by atoms with Crippen LogP contribution in [0, 0.1) is 0 Å². The first-order valence-corrected chi connectivity index (χ1v) is 5.61. The monoisotopic (exact) mass is 236 g/mol. The molecule has 4 nitrogen and oxygen atoms in total. The van der Waals surface area contributed by atoms with E-state index < -0.39 is 12.6 Å². The minimum atomic E-state index is -1.03. The molecule has 17 heavy (non-hydrogen) atoms. The summed E-state index contributed by atoms with van der Waals surface area (Å²) in [5, 5.41) is 8.48. The summed E-state index contributed by atoms with van der Waals surface area (Å²) < 4.78 is 5.01. The van der Waals surface area contributed by atoms with Crippen molar-refractivity contribution in [1.82, 2.24) is 0 Å². The lowest BCUT2D eigenvalue weighted by Gasteiger charge is -2.05. The zero-order chi connectivity index (χ0) is 12.7. The molecular formula is C13H16O4. The van der Waals surface area contributed by atoms with Crippen LogP contribution in [0.1, 0.15) is 36.5 Å². The van der Waals surface area contributed by atoms with E-state index in [9.17, 15) is 9.59 Å². The van der Waals surface area contributed by atoms with Gasteiger partial charge in [0, 0.05) is 12.0 Å². The molecule has 0 fully saturated rings. The van der Waals surface area contributed by atoms with Crippen LogP contribution in [0.25, 0.3) is 0 Å². The number of rotatable bonds is 7. The summed E-state index contributed by atoms with van der Waals surface area (Å²) in [6, 6.07) is 6.63. The van der Waals surface area contributed by atoms with Gasteiger partial charge in [0.15, 0.2) is 12.4 Å². The number of Topliss-reactive ketones (excluding diaryl/α,β-unsaturated/α-hetero) is 1. The van der Waals surface area contributed by atoms with Gasteiger partial charge in [-0.3, -0.25) is 4.79 Å². The molecule has 0 amide bonds. The number of hydrogen-bond donors (Lipinski definition) is 1. The molecule has 1 rings (SSSR count). The van der Waals surface area contributed by atoms with Crippen molar-refractivity contribution >= 4 is 11.8 Å². The fraction of sp³-hybridized carbons (Fsp3) is 0.385. The van der Waals surface area contributed by atoms with Crippen molar-refractivity contribution in [1.29, 1.82) is 0 Å². The fourth-order valence-electron chi connectivity index (χ4n) is 1.39. The summed E-state index contributed by atoms with van der Waals surface area (Å²) in [6.45, 7) is 1.63. The molecular weight excluding hydrogens is 220 g/mol. The third-order valence-electron chi connectivity index (χ3n) is 2.28. The van der Waals surface area contributed by atoms with E-state index in [-0.39, 0.29) is 5.78 Å². The van der Waals surface area contributed by atoms with Crippen LogP contribution in [0.3, 0.4) is 0 Å². The standard InChI is InChI=1S/C13H16O4/c1-2-3-7-12(14)10-5-4-6-11(8-10)17-9-13(15)16/h4-6,8H,2-3,7,9H2,1H3,(H,15,16). The molecule has 0 heterocycles. The van der Waals surface area contributed by atoms with E-state index in [0.29, 0.717) is 17.7 Å². The van der Waals surface area contributed by atoms with Crippen LogP contribution < -0.4 is 4.74 Å². The lowest BCUT2D eigenvalue weighted by molar-refractivity contribution is -0.139. The highest BCUT2D eigenvalue weighted by Crippen LogP contribution is 2.15. The highest BCUT2D eigenvalue weighted by molar-refractivity contribution is 5.96. The topological polar surface area (TPSA) is 63.6 Å². The van der Waals surface area contributed by atoms with E-state index >= 15 is 0 Å². The van der Waals surface area contributed by atoms with Crippen molar-refractivity contribution < 1.29 is 19.4 Å². The maximum Gasteiger partial charge on any atom is 0.341 e. The number of ketones is 1. The average molecular weight is 236 g/mol. The molecule has 0 saturated heterocycles. The predicted molar refractivity (Wildman–Crippen MR) is 63.4 cm³/mol.